The molecule has 8 nitrogen and oxygen atoms in total. The van der Waals surface area contributed by atoms with Gasteiger partial charge in [-0.2, -0.15) is 0 Å². The van der Waals surface area contributed by atoms with Crippen LogP contribution in [0.15, 0.2) is 66.2 Å². The fourth-order valence-corrected chi connectivity index (χ4v) is 4.86. The number of amides is 1. The second-order valence-electron chi connectivity index (χ2n) is 10.4. The van der Waals surface area contributed by atoms with Gasteiger partial charge in [0.15, 0.2) is 11.5 Å². The van der Waals surface area contributed by atoms with Crippen molar-refractivity contribution in [1.82, 2.24) is 0 Å². The highest BCUT2D eigenvalue weighted by Gasteiger charge is 2.47. The first-order valence-electron chi connectivity index (χ1n) is 13.2. The zero-order valence-electron chi connectivity index (χ0n) is 23.6. The molecule has 1 aliphatic heterocycles. The number of rotatable bonds is 8. The number of Topliss-reactive ketones (excluding diaryl/α,β-unsaturated/α-hetero) is 1. The molecule has 0 radical (unpaired) electrons. The number of methoxy groups -OCH3 is 1. The van der Waals surface area contributed by atoms with Crippen LogP contribution in [0, 0.1) is 0 Å². The summed E-state index contributed by atoms with van der Waals surface area (Å²) in [7, 11) is 1.58. The minimum absolute atomic E-state index is 0.0328. The molecule has 3 aromatic carbocycles. The Bertz CT molecular complexity index is 1450. The molecule has 40 heavy (non-hydrogen) atoms. The number of phenolic OH excluding ortho intramolecular Hbond substituents is 1. The summed E-state index contributed by atoms with van der Waals surface area (Å²) in [5.41, 5.74) is 1.78. The zero-order valence-corrected chi connectivity index (χ0v) is 23.6. The summed E-state index contributed by atoms with van der Waals surface area (Å²) in [5.74, 6) is -0.297. The molecule has 2 N–H and O–H groups in total. The van der Waals surface area contributed by atoms with Crippen LogP contribution in [0.1, 0.15) is 57.4 Å². The van der Waals surface area contributed by atoms with E-state index < -0.39 is 17.7 Å². The smallest absolute Gasteiger partial charge is 0.300 e. The molecule has 1 unspecified atom stereocenters. The summed E-state index contributed by atoms with van der Waals surface area (Å²) >= 11 is 0. The molecule has 0 aromatic heterocycles. The highest BCUT2D eigenvalue weighted by atomic mass is 16.5. The van der Waals surface area contributed by atoms with E-state index in [0.717, 1.165) is 5.56 Å². The maximum atomic E-state index is 13.6. The second-order valence-corrected chi connectivity index (χ2v) is 10.4. The van der Waals surface area contributed by atoms with Crippen LogP contribution in [-0.4, -0.2) is 42.2 Å². The van der Waals surface area contributed by atoms with Crippen molar-refractivity contribution in [3.8, 4) is 23.0 Å². The van der Waals surface area contributed by atoms with Crippen LogP contribution in [0.25, 0.3) is 5.76 Å². The van der Waals surface area contributed by atoms with Crippen molar-refractivity contribution in [3.63, 3.8) is 0 Å². The van der Waals surface area contributed by atoms with Gasteiger partial charge in [-0.25, -0.2) is 0 Å². The van der Waals surface area contributed by atoms with Crippen LogP contribution in [0.4, 0.5) is 5.69 Å². The van der Waals surface area contributed by atoms with Crippen molar-refractivity contribution in [2.24, 2.45) is 0 Å². The summed E-state index contributed by atoms with van der Waals surface area (Å²) in [6.45, 7) is 10.6. The Labute approximate surface area is 234 Å². The van der Waals surface area contributed by atoms with Crippen LogP contribution in [0.3, 0.4) is 0 Å². The number of ketones is 1. The number of hydrogen-bond acceptors (Lipinski definition) is 7. The van der Waals surface area contributed by atoms with Crippen LogP contribution in [0.2, 0.25) is 0 Å². The Morgan fingerprint density at radius 3 is 2.10 bits per heavy atom. The lowest BCUT2D eigenvalue weighted by Gasteiger charge is -2.26. The standard InChI is InChI=1S/C32H35NO7/c1-7-39-25-16-12-21(18-26(25)40-8-2)33-28(19-9-13-22(34)14-10-19)27(30(36)31(33)37)29(35)20-11-15-24(38-6)23(17-20)32(3,4)5/h9-18,28,34-35H,7-8H2,1-6H3/b29-27-. The molecule has 0 spiro atoms. The molecule has 8 heteroatoms. The Kier molecular flexibility index (Phi) is 8.09. The molecule has 1 heterocycles. The van der Waals surface area contributed by atoms with Gasteiger partial charge in [-0.05, 0) is 67.3 Å². The predicted octanol–water partition coefficient (Wildman–Crippen LogP) is 6.12. The molecule has 210 valence electrons. The van der Waals surface area contributed by atoms with Crippen LogP contribution >= 0.6 is 0 Å². The lowest BCUT2D eigenvalue weighted by atomic mass is 9.84. The van der Waals surface area contributed by atoms with Gasteiger partial charge in [-0.15, -0.1) is 0 Å². The summed E-state index contributed by atoms with van der Waals surface area (Å²) in [5, 5.41) is 21.5. The van der Waals surface area contributed by atoms with E-state index in [0.29, 0.717) is 47.3 Å². The van der Waals surface area contributed by atoms with Gasteiger partial charge in [0.25, 0.3) is 11.7 Å². The first kappa shape index (κ1) is 28.5. The van der Waals surface area contributed by atoms with Crippen molar-refractivity contribution >= 4 is 23.1 Å². The van der Waals surface area contributed by atoms with Crippen molar-refractivity contribution in [1.29, 1.82) is 0 Å². The second kappa shape index (κ2) is 11.3. The van der Waals surface area contributed by atoms with Crippen LogP contribution < -0.4 is 19.1 Å². The molecule has 3 aromatic rings. The molecular formula is C32H35NO7. The normalized spacial score (nSPS) is 16.8. The third-order valence-electron chi connectivity index (χ3n) is 6.74. The number of aliphatic hydroxyl groups is 1. The Morgan fingerprint density at radius 2 is 1.50 bits per heavy atom. The van der Waals surface area contributed by atoms with Gasteiger partial charge in [-0.1, -0.05) is 32.9 Å². The SMILES string of the molecule is CCOc1ccc(N2C(=O)C(=O)/C(=C(\O)c3ccc(OC)c(C(C)(C)C)c3)C2c2ccc(O)cc2)cc1OCC. The quantitative estimate of drug-likeness (QED) is 0.200. The number of ether oxygens (including phenoxy) is 3. The minimum Gasteiger partial charge on any atom is -0.508 e. The largest absolute Gasteiger partial charge is 0.508 e. The number of phenols is 1. The van der Waals surface area contributed by atoms with Crippen molar-refractivity contribution in [2.75, 3.05) is 25.2 Å². The number of aromatic hydroxyl groups is 1. The molecule has 1 aliphatic rings. The molecule has 1 fully saturated rings. The first-order chi connectivity index (χ1) is 19.0. The van der Waals surface area contributed by atoms with E-state index in [9.17, 15) is 19.8 Å². The maximum absolute atomic E-state index is 13.6. The van der Waals surface area contributed by atoms with E-state index >= 15 is 0 Å². The van der Waals surface area contributed by atoms with Gasteiger partial charge < -0.3 is 24.4 Å². The van der Waals surface area contributed by atoms with E-state index in [2.05, 4.69) is 0 Å². The van der Waals surface area contributed by atoms with E-state index in [1.807, 2.05) is 34.6 Å². The summed E-state index contributed by atoms with van der Waals surface area (Å²) in [6, 6.07) is 15.4. The van der Waals surface area contributed by atoms with E-state index in [1.54, 1.807) is 55.6 Å². The van der Waals surface area contributed by atoms with Gasteiger partial charge in [0.05, 0.1) is 31.9 Å². The van der Waals surface area contributed by atoms with Crippen LogP contribution in [-0.2, 0) is 15.0 Å². The maximum Gasteiger partial charge on any atom is 0.300 e. The third-order valence-corrected chi connectivity index (χ3v) is 6.74. The molecule has 4 rings (SSSR count). The van der Waals surface area contributed by atoms with Gasteiger partial charge in [0.2, 0.25) is 0 Å². The number of carbonyl (C=O) groups is 2. The van der Waals surface area contributed by atoms with Crippen molar-refractivity contribution < 1.29 is 34.0 Å². The topological polar surface area (TPSA) is 106 Å². The van der Waals surface area contributed by atoms with Crippen molar-refractivity contribution in [3.05, 3.63) is 82.9 Å². The molecule has 0 bridgehead atoms. The van der Waals surface area contributed by atoms with E-state index in [-0.39, 0.29) is 22.5 Å². The molecule has 1 saturated heterocycles. The molecule has 0 aliphatic carbocycles. The lowest BCUT2D eigenvalue weighted by molar-refractivity contribution is -0.132. The van der Waals surface area contributed by atoms with Crippen LogP contribution in [0.5, 0.6) is 23.0 Å². The highest BCUT2D eigenvalue weighted by Crippen LogP contribution is 2.45. The molecule has 0 saturated carbocycles. The van der Waals surface area contributed by atoms with Gasteiger partial charge >= 0.3 is 0 Å². The zero-order chi connectivity index (χ0) is 29.2. The molecular weight excluding hydrogens is 510 g/mol. The average molecular weight is 546 g/mol. The van der Waals surface area contributed by atoms with E-state index in [1.165, 1.54) is 17.0 Å². The minimum atomic E-state index is -0.965. The Balaban J connectivity index is 1.94. The first-order valence-corrected chi connectivity index (χ1v) is 13.2. The summed E-state index contributed by atoms with van der Waals surface area (Å²) in [6.07, 6.45) is 0. The Morgan fingerprint density at radius 1 is 0.875 bits per heavy atom. The van der Waals surface area contributed by atoms with E-state index in [4.69, 9.17) is 14.2 Å². The van der Waals surface area contributed by atoms with Gasteiger partial charge in [-0.3, -0.25) is 14.5 Å². The average Bonchev–Trinajstić information content (AvgIpc) is 3.19. The number of hydrogen-bond donors (Lipinski definition) is 2. The third kappa shape index (κ3) is 5.34. The summed E-state index contributed by atoms with van der Waals surface area (Å²) < 4.78 is 17.0. The highest BCUT2D eigenvalue weighted by molar-refractivity contribution is 6.51. The number of nitrogens with zero attached hydrogens (tertiary/aromatic N) is 1. The molecule has 1 amide bonds. The fourth-order valence-electron chi connectivity index (χ4n) is 4.86. The predicted molar refractivity (Wildman–Crippen MR) is 153 cm³/mol. The number of carbonyl (C=O) groups excluding carboxylic acids is 2. The van der Waals surface area contributed by atoms with Gasteiger partial charge in [0, 0.05) is 22.9 Å². The molecule has 1 atom stereocenters. The summed E-state index contributed by atoms with van der Waals surface area (Å²) in [4.78, 5) is 28.5. The number of anilines is 1. The van der Waals surface area contributed by atoms with Crippen molar-refractivity contribution in [2.45, 2.75) is 46.1 Å². The number of aliphatic hydroxyl groups excluding tert-OH is 1. The monoisotopic (exact) mass is 545 g/mol. The fraction of sp³-hybridized carbons (Fsp3) is 0.312. The number of benzene rings is 3. The lowest BCUT2D eigenvalue weighted by Crippen LogP contribution is -2.29. The van der Waals surface area contributed by atoms with Gasteiger partial charge in [0.1, 0.15) is 17.3 Å². The Hall–Kier alpha value is -4.46.